The largest absolute Gasteiger partial charge is 0.463 e. The van der Waals surface area contributed by atoms with Gasteiger partial charge in [0.05, 0.1) is 6.61 Å². The minimum atomic E-state index is -1.96. The van der Waals surface area contributed by atoms with Crippen molar-refractivity contribution in [3.8, 4) is 0 Å². The van der Waals surface area contributed by atoms with Crippen molar-refractivity contribution >= 4 is 17.6 Å². The Morgan fingerprint density at radius 2 is 2.18 bits per heavy atom. The maximum Gasteiger partial charge on any atom is 0.353 e. The van der Waals surface area contributed by atoms with Crippen LogP contribution in [-0.2, 0) is 16.0 Å². The van der Waals surface area contributed by atoms with Crippen LogP contribution >= 0.6 is 11.6 Å². The molecule has 0 saturated carbocycles. The Labute approximate surface area is 105 Å². The number of rotatable bonds is 5. The molecule has 4 nitrogen and oxygen atoms in total. The number of carbonyl (C=O) groups excluding carboxylic acids is 1. The summed E-state index contributed by atoms with van der Waals surface area (Å²) in [5.41, 5.74) is 4.35. The van der Waals surface area contributed by atoms with Gasteiger partial charge in [0.25, 0.3) is 0 Å². The van der Waals surface area contributed by atoms with Gasteiger partial charge in [-0.1, -0.05) is 29.8 Å². The van der Waals surface area contributed by atoms with Crippen LogP contribution in [0.3, 0.4) is 0 Å². The molecule has 0 aliphatic carbocycles. The standard InChI is InChI=1S/C12H16ClNO3/c1-2-17-11(15)12(14,16)8-7-9-5-3-4-6-10(9)13/h3-6,16H,2,7-8,14H2,1H3. The van der Waals surface area contributed by atoms with Crippen molar-refractivity contribution in [2.24, 2.45) is 5.73 Å². The Bertz CT molecular complexity index is 393. The number of aryl methyl sites for hydroxylation is 1. The molecule has 1 atom stereocenters. The van der Waals surface area contributed by atoms with Crippen LogP contribution in [0.2, 0.25) is 5.02 Å². The van der Waals surface area contributed by atoms with Crippen molar-refractivity contribution in [3.05, 3.63) is 34.9 Å². The fourth-order valence-electron chi connectivity index (χ4n) is 1.38. The van der Waals surface area contributed by atoms with Crippen LogP contribution in [0.5, 0.6) is 0 Å². The van der Waals surface area contributed by atoms with Crippen LogP contribution in [0.4, 0.5) is 0 Å². The summed E-state index contributed by atoms with van der Waals surface area (Å²) in [4.78, 5) is 11.3. The number of halogens is 1. The van der Waals surface area contributed by atoms with Gasteiger partial charge in [0.15, 0.2) is 0 Å². The molecule has 1 rings (SSSR count). The number of hydrogen-bond acceptors (Lipinski definition) is 4. The van der Waals surface area contributed by atoms with Gasteiger partial charge in [-0.05, 0) is 25.0 Å². The van der Waals surface area contributed by atoms with Crippen molar-refractivity contribution in [1.82, 2.24) is 0 Å². The Balaban J connectivity index is 2.61. The smallest absolute Gasteiger partial charge is 0.353 e. The van der Waals surface area contributed by atoms with E-state index in [1.54, 1.807) is 13.0 Å². The first kappa shape index (κ1) is 14.0. The molecule has 17 heavy (non-hydrogen) atoms. The molecule has 0 amide bonds. The third-order valence-corrected chi connectivity index (χ3v) is 2.73. The summed E-state index contributed by atoms with van der Waals surface area (Å²) in [6, 6.07) is 7.22. The van der Waals surface area contributed by atoms with Crippen LogP contribution in [0.1, 0.15) is 18.9 Å². The highest BCUT2D eigenvalue weighted by molar-refractivity contribution is 6.31. The van der Waals surface area contributed by atoms with Gasteiger partial charge in [0.2, 0.25) is 5.72 Å². The van der Waals surface area contributed by atoms with Gasteiger partial charge in [0.1, 0.15) is 0 Å². The second kappa shape index (κ2) is 6.00. The Hall–Kier alpha value is -1.10. The minimum absolute atomic E-state index is 0.0650. The van der Waals surface area contributed by atoms with Crippen LogP contribution in [0, 0.1) is 0 Å². The summed E-state index contributed by atoms with van der Waals surface area (Å²) >= 11 is 5.96. The van der Waals surface area contributed by atoms with Crippen LogP contribution in [0.15, 0.2) is 24.3 Å². The van der Waals surface area contributed by atoms with Crippen LogP contribution < -0.4 is 5.73 Å². The zero-order valence-corrected chi connectivity index (χ0v) is 10.4. The summed E-state index contributed by atoms with van der Waals surface area (Å²) in [6.45, 7) is 1.84. The molecule has 0 spiro atoms. The number of hydrogen-bond donors (Lipinski definition) is 2. The maximum atomic E-state index is 11.3. The topological polar surface area (TPSA) is 72.5 Å². The molecule has 0 bridgehead atoms. The number of nitrogens with two attached hydrogens (primary N) is 1. The summed E-state index contributed by atoms with van der Waals surface area (Å²) in [5, 5.41) is 10.3. The highest BCUT2D eigenvalue weighted by Crippen LogP contribution is 2.19. The molecule has 1 unspecified atom stereocenters. The van der Waals surface area contributed by atoms with E-state index in [9.17, 15) is 9.90 Å². The molecule has 1 aromatic rings. The van der Waals surface area contributed by atoms with Crippen molar-refractivity contribution in [1.29, 1.82) is 0 Å². The lowest BCUT2D eigenvalue weighted by Gasteiger charge is -2.20. The van der Waals surface area contributed by atoms with E-state index >= 15 is 0 Å². The predicted molar refractivity (Wildman–Crippen MR) is 65.5 cm³/mol. The van der Waals surface area contributed by atoms with E-state index in [1.807, 2.05) is 18.2 Å². The van der Waals surface area contributed by atoms with Crippen molar-refractivity contribution in [2.75, 3.05) is 6.61 Å². The lowest BCUT2D eigenvalue weighted by Crippen LogP contribution is -2.49. The molecule has 94 valence electrons. The number of carbonyl (C=O) groups is 1. The van der Waals surface area contributed by atoms with E-state index in [-0.39, 0.29) is 13.0 Å². The normalized spacial score (nSPS) is 14.1. The van der Waals surface area contributed by atoms with Crippen molar-refractivity contribution in [3.63, 3.8) is 0 Å². The van der Waals surface area contributed by atoms with Gasteiger partial charge in [-0.15, -0.1) is 0 Å². The molecular formula is C12H16ClNO3. The highest BCUT2D eigenvalue weighted by Gasteiger charge is 2.32. The van der Waals surface area contributed by atoms with Crippen molar-refractivity contribution < 1.29 is 14.6 Å². The van der Waals surface area contributed by atoms with Gasteiger partial charge < -0.3 is 9.84 Å². The first-order valence-corrected chi connectivity index (χ1v) is 5.77. The Kier molecular flexibility index (Phi) is 4.93. The number of benzene rings is 1. The molecule has 0 radical (unpaired) electrons. The van der Waals surface area contributed by atoms with E-state index in [4.69, 9.17) is 17.3 Å². The van der Waals surface area contributed by atoms with E-state index in [0.29, 0.717) is 11.4 Å². The monoisotopic (exact) mass is 257 g/mol. The van der Waals surface area contributed by atoms with E-state index in [0.717, 1.165) is 5.56 Å². The molecule has 0 fully saturated rings. The summed E-state index contributed by atoms with van der Waals surface area (Å²) < 4.78 is 4.68. The molecular weight excluding hydrogens is 242 g/mol. The molecule has 1 aromatic carbocycles. The number of aliphatic hydroxyl groups is 1. The Morgan fingerprint density at radius 3 is 2.76 bits per heavy atom. The lowest BCUT2D eigenvalue weighted by molar-refractivity contribution is -0.165. The van der Waals surface area contributed by atoms with Crippen LogP contribution in [-0.4, -0.2) is 23.4 Å². The number of ether oxygens (including phenoxy) is 1. The SMILES string of the molecule is CCOC(=O)C(N)(O)CCc1ccccc1Cl. The molecule has 3 N–H and O–H groups in total. The Morgan fingerprint density at radius 1 is 1.53 bits per heavy atom. The molecule has 0 saturated heterocycles. The van der Waals surface area contributed by atoms with Gasteiger partial charge >= 0.3 is 5.97 Å². The van der Waals surface area contributed by atoms with Gasteiger partial charge in [-0.3, -0.25) is 5.73 Å². The summed E-state index contributed by atoms with van der Waals surface area (Å²) in [6.07, 6.45) is 0.473. The van der Waals surface area contributed by atoms with E-state index in [1.165, 1.54) is 0 Å². The molecule has 0 aliphatic rings. The first-order valence-electron chi connectivity index (χ1n) is 5.39. The van der Waals surface area contributed by atoms with Gasteiger partial charge in [0, 0.05) is 11.4 Å². The van der Waals surface area contributed by atoms with Crippen molar-refractivity contribution in [2.45, 2.75) is 25.5 Å². The molecule has 0 heterocycles. The minimum Gasteiger partial charge on any atom is -0.463 e. The zero-order valence-electron chi connectivity index (χ0n) is 9.65. The fraction of sp³-hybridized carbons (Fsp3) is 0.417. The summed E-state index contributed by atoms with van der Waals surface area (Å²) in [7, 11) is 0. The quantitative estimate of drug-likeness (QED) is 0.619. The molecule has 0 aromatic heterocycles. The second-order valence-electron chi connectivity index (χ2n) is 3.74. The highest BCUT2D eigenvalue weighted by atomic mass is 35.5. The van der Waals surface area contributed by atoms with E-state index < -0.39 is 11.7 Å². The summed E-state index contributed by atoms with van der Waals surface area (Å²) in [5.74, 6) is -0.813. The maximum absolute atomic E-state index is 11.3. The number of esters is 1. The first-order chi connectivity index (χ1) is 7.97. The average molecular weight is 258 g/mol. The third kappa shape index (κ3) is 4.00. The molecule has 5 heteroatoms. The van der Waals surface area contributed by atoms with Crippen LogP contribution in [0.25, 0.3) is 0 Å². The second-order valence-corrected chi connectivity index (χ2v) is 4.14. The molecule has 0 aliphatic heterocycles. The average Bonchev–Trinajstić information content (AvgIpc) is 2.28. The van der Waals surface area contributed by atoms with E-state index in [2.05, 4.69) is 4.74 Å². The van der Waals surface area contributed by atoms with Gasteiger partial charge in [-0.25, -0.2) is 4.79 Å². The van der Waals surface area contributed by atoms with Gasteiger partial charge in [-0.2, -0.15) is 0 Å². The fourth-order valence-corrected chi connectivity index (χ4v) is 1.61. The lowest BCUT2D eigenvalue weighted by atomic mass is 10.0. The predicted octanol–water partition coefficient (Wildman–Crippen LogP) is 1.48. The zero-order chi connectivity index (χ0) is 12.9. The third-order valence-electron chi connectivity index (χ3n) is 2.36.